The van der Waals surface area contributed by atoms with Crippen LogP contribution in [0.2, 0.25) is 0 Å². The smallest absolute Gasteiger partial charge is 0.410 e. The first-order valence-electron chi connectivity index (χ1n) is 8.12. The predicted molar refractivity (Wildman–Crippen MR) is 80.5 cm³/mol. The molecule has 3 aliphatic heterocycles. The molecule has 0 aromatic heterocycles. The van der Waals surface area contributed by atoms with Crippen LogP contribution in [0.4, 0.5) is 4.79 Å². The summed E-state index contributed by atoms with van der Waals surface area (Å²) >= 11 is 0. The zero-order chi connectivity index (χ0) is 15.9. The molecule has 0 saturated carbocycles. The summed E-state index contributed by atoms with van der Waals surface area (Å²) in [6.45, 7) is 1.39. The van der Waals surface area contributed by atoms with Crippen molar-refractivity contribution in [3.8, 4) is 0 Å². The van der Waals surface area contributed by atoms with Crippen molar-refractivity contribution in [3.05, 3.63) is 35.9 Å². The molecule has 3 atom stereocenters. The Kier molecular flexibility index (Phi) is 3.75. The van der Waals surface area contributed by atoms with Gasteiger partial charge in [-0.15, -0.1) is 0 Å². The molecule has 3 saturated heterocycles. The SMILES string of the molecule is O=C(OCc1ccccc1)N1[C@@H]2C[C@H](O)[C@H]1CC1(C2)OCCO1. The van der Waals surface area contributed by atoms with Gasteiger partial charge in [0.15, 0.2) is 5.79 Å². The summed E-state index contributed by atoms with van der Waals surface area (Å²) in [5.74, 6) is -0.622. The number of aliphatic hydroxyl groups is 1. The molecule has 1 aromatic carbocycles. The maximum atomic E-state index is 12.5. The molecule has 1 amide bonds. The highest BCUT2D eigenvalue weighted by atomic mass is 16.7. The number of ether oxygens (including phenoxy) is 3. The molecule has 0 radical (unpaired) electrons. The minimum Gasteiger partial charge on any atom is -0.445 e. The predicted octanol–water partition coefficient (Wildman–Crippen LogP) is 1.66. The molecule has 0 unspecified atom stereocenters. The normalized spacial score (nSPS) is 31.5. The van der Waals surface area contributed by atoms with E-state index in [2.05, 4.69) is 0 Å². The maximum Gasteiger partial charge on any atom is 0.410 e. The summed E-state index contributed by atoms with van der Waals surface area (Å²) in [6, 6.07) is 9.20. The lowest BCUT2D eigenvalue weighted by molar-refractivity contribution is -0.198. The van der Waals surface area contributed by atoms with Crippen molar-refractivity contribution in [1.29, 1.82) is 0 Å². The third-order valence-corrected chi connectivity index (χ3v) is 5.00. The third kappa shape index (κ3) is 2.71. The molecule has 3 heterocycles. The summed E-state index contributed by atoms with van der Waals surface area (Å²) in [6.07, 6.45) is 0.746. The summed E-state index contributed by atoms with van der Waals surface area (Å²) in [7, 11) is 0. The Morgan fingerprint density at radius 3 is 2.70 bits per heavy atom. The van der Waals surface area contributed by atoms with Crippen LogP contribution in [-0.2, 0) is 20.8 Å². The van der Waals surface area contributed by atoms with E-state index in [1.54, 1.807) is 4.90 Å². The Morgan fingerprint density at radius 1 is 1.26 bits per heavy atom. The van der Waals surface area contributed by atoms with Gasteiger partial charge in [-0.1, -0.05) is 30.3 Å². The number of nitrogens with zero attached hydrogens (tertiary/aromatic N) is 1. The lowest BCUT2D eigenvalue weighted by atomic mass is 9.96. The summed E-state index contributed by atoms with van der Waals surface area (Å²) in [5, 5.41) is 10.3. The molecule has 2 bridgehead atoms. The molecule has 3 aliphatic rings. The number of carbonyl (C=O) groups excluding carboxylic acids is 1. The molecule has 1 aromatic rings. The van der Waals surface area contributed by atoms with E-state index in [-0.39, 0.29) is 24.8 Å². The van der Waals surface area contributed by atoms with Gasteiger partial charge in [0.05, 0.1) is 25.4 Å². The second-order valence-electron chi connectivity index (χ2n) is 6.49. The first-order valence-corrected chi connectivity index (χ1v) is 8.12. The highest BCUT2D eigenvalue weighted by molar-refractivity contribution is 5.69. The Bertz CT molecular complexity index is 572. The highest BCUT2D eigenvalue weighted by Crippen LogP contribution is 2.45. The van der Waals surface area contributed by atoms with Crippen molar-refractivity contribution in [2.45, 2.75) is 49.8 Å². The number of hydrogen-bond donors (Lipinski definition) is 1. The van der Waals surface area contributed by atoms with Gasteiger partial charge >= 0.3 is 6.09 Å². The maximum absolute atomic E-state index is 12.5. The van der Waals surface area contributed by atoms with Crippen LogP contribution >= 0.6 is 0 Å². The van der Waals surface area contributed by atoms with Crippen molar-refractivity contribution >= 4 is 6.09 Å². The second kappa shape index (κ2) is 5.78. The number of piperidine rings is 1. The van der Waals surface area contributed by atoms with Crippen LogP contribution in [0.1, 0.15) is 24.8 Å². The van der Waals surface area contributed by atoms with Crippen molar-refractivity contribution < 1.29 is 24.1 Å². The van der Waals surface area contributed by atoms with Crippen LogP contribution < -0.4 is 0 Å². The lowest BCUT2D eigenvalue weighted by Crippen LogP contribution is -2.55. The van der Waals surface area contributed by atoms with Crippen molar-refractivity contribution in [1.82, 2.24) is 4.90 Å². The fraction of sp³-hybridized carbons (Fsp3) is 0.588. The Hall–Kier alpha value is -1.63. The number of fused-ring (bicyclic) bond motifs is 2. The van der Waals surface area contributed by atoms with Gasteiger partial charge in [-0.05, 0) is 12.0 Å². The molecular formula is C17H21NO5. The van der Waals surface area contributed by atoms with Crippen molar-refractivity contribution in [2.24, 2.45) is 0 Å². The standard InChI is InChI=1S/C17H21NO5/c19-15-8-13-9-17(22-6-7-23-17)10-14(15)18(13)16(20)21-11-12-4-2-1-3-5-12/h1-5,13-15,19H,6-11H2/t13-,14-,15+/m1/s1. The van der Waals surface area contributed by atoms with Gasteiger partial charge in [0.1, 0.15) is 6.61 Å². The van der Waals surface area contributed by atoms with Crippen LogP contribution in [0.15, 0.2) is 30.3 Å². The fourth-order valence-electron chi connectivity index (χ4n) is 3.99. The van der Waals surface area contributed by atoms with E-state index in [1.807, 2.05) is 30.3 Å². The zero-order valence-electron chi connectivity index (χ0n) is 12.9. The summed E-state index contributed by atoms with van der Waals surface area (Å²) in [5.41, 5.74) is 0.949. The second-order valence-corrected chi connectivity index (χ2v) is 6.49. The highest BCUT2D eigenvalue weighted by Gasteiger charge is 2.56. The van der Waals surface area contributed by atoms with Crippen LogP contribution in [0.3, 0.4) is 0 Å². The minimum atomic E-state index is -0.622. The fourth-order valence-corrected chi connectivity index (χ4v) is 3.99. The van der Waals surface area contributed by atoms with E-state index in [0.717, 1.165) is 5.56 Å². The Balaban J connectivity index is 1.44. The van der Waals surface area contributed by atoms with Gasteiger partial charge < -0.3 is 19.3 Å². The molecule has 4 rings (SSSR count). The number of aliphatic hydroxyl groups excluding tert-OH is 1. The van der Waals surface area contributed by atoms with Crippen molar-refractivity contribution in [2.75, 3.05) is 13.2 Å². The topological polar surface area (TPSA) is 68.2 Å². The number of benzene rings is 1. The van der Waals surface area contributed by atoms with E-state index in [0.29, 0.717) is 32.5 Å². The molecule has 23 heavy (non-hydrogen) atoms. The van der Waals surface area contributed by atoms with Crippen LogP contribution in [-0.4, -0.2) is 53.3 Å². The number of rotatable bonds is 2. The Labute approximate surface area is 134 Å². The van der Waals surface area contributed by atoms with Crippen LogP contribution in [0, 0.1) is 0 Å². The van der Waals surface area contributed by atoms with E-state index >= 15 is 0 Å². The lowest BCUT2D eigenvalue weighted by Gasteiger charge is -2.42. The third-order valence-electron chi connectivity index (χ3n) is 5.00. The largest absolute Gasteiger partial charge is 0.445 e. The van der Waals surface area contributed by atoms with Gasteiger partial charge in [-0.3, -0.25) is 4.90 Å². The molecule has 1 N–H and O–H groups in total. The first kappa shape index (κ1) is 14.9. The average Bonchev–Trinajstić information content (AvgIpc) is 3.08. The van der Waals surface area contributed by atoms with Gasteiger partial charge in [0.2, 0.25) is 0 Å². The molecule has 1 spiro atoms. The number of carbonyl (C=O) groups is 1. The molecular weight excluding hydrogens is 298 g/mol. The quantitative estimate of drug-likeness (QED) is 0.898. The van der Waals surface area contributed by atoms with E-state index in [9.17, 15) is 9.90 Å². The van der Waals surface area contributed by atoms with E-state index < -0.39 is 11.9 Å². The van der Waals surface area contributed by atoms with E-state index in [1.165, 1.54) is 0 Å². The van der Waals surface area contributed by atoms with Crippen LogP contribution in [0.5, 0.6) is 0 Å². The van der Waals surface area contributed by atoms with E-state index in [4.69, 9.17) is 14.2 Å². The monoisotopic (exact) mass is 319 g/mol. The van der Waals surface area contributed by atoms with Gasteiger partial charge in [0, 0.05) is 18.9 Å². The number of amides is 1. The molecule has 6 nitrogen and oxygen atoms in total. The molecule has 3 fully saturated rings. The minimum absolute atomic E-state index is 0.0925. The summed E-state index contributed by atoms with van der Waals surface area (Å²) in [4.78, 5) is 14.2. The van der Waals surface area contributed by atoms with Gasteiger partial charge in [0.25, 0.3) is 0 Å². The molecule has 124 valence electrons. The zero-order valence-corrected chi connectivity index (χ0v) is 12.9. The molecule has 6 heteroatoms. The van der Waals surface area contributed by atoms with Crippen molar-refractivity contribution in [3.63, 3.8) is 0 Å². The average molecular weight is 319 g/mol. The number of hydrogen-bond acceptors (Lipinski definition) is 5. The summed E-state index contributed by atoms with van der Waals surface area (Å²) < 4.78 is 17.0. The van der Waals surface area contributed by atoms with Crippen LogP contribution in [0.25, 0.3) is 0 Å². The van der Waals surface area contributed by atoms with Gasteiger partial charge in [-0.25, -0.2) is 4.79 Å². The Morgan fingerprint density at radius 2 is 2.00 bits per heavy atom. The van der Waals surface area contributed by atoms with Gasteiger partial charge in [-0.2, -0.15) is 0 Å². The first-order chi connectivity index (χ1) is 11.2. The molecule has 0 aliphatic carbocycles.